The quantitative estimate of drug-likeness (QED) is 0.501. The van der Waals surface area contributed by atoms with Gasteiger partial charge in [-0.1, -0.05) is 6.07 Å². The minimum atomic E-state index is -0.213. The highest BCUT2D eigenvalue weighted by atomic mass is 16.5. The molecule has 1 atom stereocenters. The van der Waals surface area contributed by atoms with Crippen molar-refractivity contribution in [1.82, 2.24) is 4.98 Å². The van der Waals surface area contributed by atoms with Crippen LogP contribution in [0.25, 0.3) is 0 Å². The number of nitrogens with one attached hydrogen (secondary N) is 1. The molecule has 1 heterocycles. The number of nitrogens with zero attached hydrogens (tertiary/aromatic N) is 1. The van der Waals surface area contributed by atoms with E-state index < -0.39 is 0 Å². The van der Waals surface area contributed by atoms with Crippen molar-refractivity contribution in [2.45, 2.75) is 33.3 Å². The number of anilines is 1. The lowest BCUT2D eigenvalue weighted by molar-refractivity contribution is 0.102. The number of rotatable bonds is 9. The number of carbonyl (C=O) groups is 1. The van der Waals surface area contributed by atoms with E-state index in [2.05, 4.69) is 10.3 Å². The summed E-state index contributed by atoms with van der Waals surface area (Å²) in [5.41, 5.74) is 2.76. The number of aryl methyl sites for hydroxylation is 1. The first-order chi connectivity index (χ1) is 15.0. The molecule has 0 saturated carbocycles. The van der Waals surface area contributed by atoms with Gasteiger partial charge in [-0.2, -0.15) is 0 Å². The van der Waals surface area contributed by atoms with Gasteiger partial charge in [0.2, 0.25) is 0 Å². The molecule has 0 fully saturated rings. The number of benzene rings is 2. The van der Waals surface area contributed by atoms with Crippen molar-refractivity contribution in [3.63, 3.8) is 0 Å². The summed E-state index contributed by atoms with van der Waals surface area (Å²) in [5, 5.41) is 2.92. The SMILES string of the molecule is CCOc1ccc(Oc2cccc(NC(=O)c3ccc(CC(C)OC)nc3C)c2)cc1. The van der Waals surface area contributed by atoms with Gasteiger partial charge in [0.1, 0.15) is 17.2 Å². The molecule has 1 amide bonds. The normalized spacial score (nSPS) is 11.6. The standard InChI is InChI=1S/C25H28N2O4/c1-5-30-21-10-12-22(13-11-21)31-23-8-6-7-19(16-23)27-25(28)24-14-9-20(26-18(24)3)15-17(2)29-4/h6-14,16-17H,5,15H2,1-4H3,(H,27,28). The summed E-state index contributed by atoms with van der Waals surface area (Å²) < 4.78 is 16.6. The molecule has 0 bridgehead atoms. The molecule has 0 aliphatic heterocycles. The van der Waals surface area contributed by atoms with Crippen LogP contribution in [-0.2, 0) is 11.2 Å². The van der Waals surface area contributed by atoms with Gasteiger partial charge in [0, 0.05) is 31.0 Å². The van der Waals surface area contributed by atoms with Crippen LogP contribution >= 0.6 is 0 Å². The van der Waals surface area contributed by atoms with E-state index in [1.165, 1.54) is 0 Å². The van der Waals surface area contributed by atoms with E-state index in [9.17, 15) is 4.79 Å². The molecule has 3 aromatic rings. The van der Waals surface area contributed by atoms with E-state index in [4.69, 9.17) is 14.2 Å². The number of hydrogen-bond acceptors (Lipinski definition) is 5. The van der Waals surface area contributed by atoms with Gasteiger partial charge < -0.3 is 19.5 Å². The maximum absolute atomic E-state index is 12.8. The Morgan fingerprint density at radius 2 is 1.77 bits per heavy atom. The predicted octanol–water partition coefficient (Wildman–Crippen LogP) is 5.41. The molecule has 1 N–H and O–H groups in total. The Morgan fingerprint density at radius 1 is 1.03 bits per heavy atom. The molecule has 1 aromatic heterocycles. The van der Waals surface area contributed by atoms with E-state index in [0.29, 0.717) is 41.5 Å². The van der Waals surface area contributed by atoms with Crippen molar-refractivity contribution in [1.29, 1.82) is 0 Å². The van der Waals surface area contributed by atoms with Crippen LogP contribution in [0, 0.1) is 6.92 Å². The highest BCUT2D eigenvalue weighted by Gasteiger charge is 2.13. The zero-order valence-corrected chi connectivity index (χ0v) is 18.3. The highest BCUT2D eigenvalue weighted by Crippen LogP contribution is 2.26. The summed E-state index contributed by atoms with van der Waals surface area (Å²) >= 11 is 0. The van der Waals surface area contributed by atoms with Crippen LogP contribution in [0.1, 0.15) is 35.6 Å². The maximum atomic E-state index is 12.8. The topological polar surface area (TPSA) is 69.7 Å². The van der Waals surface area contributed by atoms with E-state index in [-0.39, 0.29) is 12.0 Å². The van der Waals surface area contributed by atoms with Crippen LogP contribution in [0.15, 0.2) is 60.7 Å². The summed E-state index contributed by atoms with van der Waals surface area (Å²) in [7, 11) is 1.67. The van der Waals surface area contributed by atoms with Crippen LogP contribution in [0.3, 0.4) is 0 Å². The Kier molecular flexibility index (Phi) is 7.62. The average molecular weight is 421 g/mol. The van der Waals surface area contributed by atoms with Gasteiger partial charge >= 0.3 is 0 Å². The van der Waals surface area contributed by atoms with E-state index in [0.717, 1.165) is 11.4 Å². The fourth-order valence-corrected chi connectivity index (χ4v) is 3.09. The Morgan fingerprint density at radius 3 is 2.45 bits per heavy atom. The highest BCUT2D eigenvalue weighted by molar-refractivity contribution is 6.05. The lowest BCUT2D eigenvalue weighted by Gasteiger charge is -2.12. The first-order valence-corrected chi connectivity index (χ1v) is 10.3. The second kappa shape index (κ2) is 10.6. The zero-order valence-electron chi connectivity index (χ0n) is 18.3. The van der Waals surface area contributed by atoms with Gasteiger partial charge in [-0.3, -0.25) is 9.78 Å². The Bertz CT molecular complexity index is 1020. The molecule has 3 rings (SSSR count). The summed E-state index contributed by atoms with van der Waals surface area (Å²) in [6.07, 6.45) is 0.772. The van der Waals surface area contributed by atoms with Crippen LogP contribution in [0.2, 0.25) is 0 Å². The minimum Gasteiger partial charge on any atom is -0.494 e. The van der Waals surface area contributed by atoms with Crippen LogP contribution in [-0.4, -0.2) is 30.7 Å². The number of aromatic nitrogens is 1. The first-order valence-electron chi connectivity index (χ1n) is 10.3. The smallest absolute Gasteiger partial charge is 0.257 e. The van der Waals surface area contributed by atoms with Gasteiger partial charge in [-0.25, -0.2) is 0 Å². The van der Waals surface area contributed by atoms with Crippen LogP contribution in [0.4, 0.5) is 5.69 Å². The molecular weight excluding hydrogens is 392 g/mol. The molecule has 1 unspecified atom stereocenters. The van der Waals surface area contributed by atoms with Crippen molar-refractivity contribution in [3.8, 4) is 17.2 Å². The number of amides is 1. The molecule has 162 valence electrons. The lowest BCUT2D eigenvalue weighted by atomic mass is 10.1. The molecule has 6 nitrogen and oxygen atoms in total. The molecule has 0 saturated heterocycles. The van der Waals surface area contributed by atoms with E-state index in [1.54, 1.807) is 19.2 Å². The number of methoxy groups -OCH3 is 1. The number of hydrogen-bond donors (Lipinski definition) is 1. The fourth-order valence-electron chi connectivity index (χ4n) is 3.09. The van der Waals surface area contributed by atoms with E-state index >= 15 is 0 Å². The van der Waals surface area contributed by atoms with Gasteiger partial charge in [-0.15, -0.1) is 0 Å². The monoisotopic (exact) mass is 420 g/mol. The summed E-state index contributed by atoms with van der Waals surface area (Å²) in [5.74, 6) is 1.89. The van der Waals surface area contributed by atoms with Crippen molar-refractivity contribution in [3.05, 3.63) is 77.6 Å². The number of pyridine rings is 1. The first kappa shape index (κ1) is 22.3. The third-order valence-electron chi connectivity index (χ3n) is 4.75. The van der Waals surface area contributed by atoms with Crippen LogP contribution in [0.5, 0.6) is 17.2 Å². The van der Waals surface area contributed by atoms with Crippen molar-refractivity contribution < 1.29 is 19.0 Å². The van der Waals surface area contributed by atoms with Gasteiger partial charge in [0.15, 0.2) is 0 Å². The second-order valence-corrected chi connectivity index (χ2v) is 7.17. The van der Waals surface area contributed by atoms with Crippen LogP contribution < -0.4 is 14.8 Å². The van der Waals surface area contributed by atoms with Crippen molar-refractivity contribution in [2.24, 2.45) is 0 Å². The lowest BCUT2D eigenvalue weighted by Crippen LogP contribution is -2.16. The Labute approximate surface area is 183 Å². The largest absolute Gasteiger partial charge is 0.494 e. The van der Waals surface area contributed by atoms with Crippen molar-refractivity contribution >= 4 is 11.6 Å². The second-order valence-electron chi connectivity index (χ2n) is 7.17. The van der Waals surface area contributed by atoms with Gasteiger partial charge in [0.05, 0.1) is 24.0 Å². The third kappa shape index (κ3) is 6.30. The number of ether oxygens (including phenoxy) is 3. The molecule has 0 aliphatic rings. The van der Waals surface area contributed by atoms with Crippen molar-refractivity contribution in [2.75, 3.05) is 19.0 Å². The number of carbonyl (C=O) groups excluding carboxylic acids is 1. The molecule has 0 radical (unpaired) electrons. The zero-order chi connectivity index (χ0) is 22.2. The fraction of sp³-hybridized carbons (Fsp3) is 0.280. The van der Waals surface area contributed by atoms with E-state index in [1.807, 2.05) is 69.3 Å². The molecule has 0 aliphatic carbocycles. The summed E-state index contributed by atoms with van der Waals surface area (Å²) in [4.78, 5) is 17.3. The maximum Gasteiger partial charge on any atom is 0.257 e. The minimum absolute atomic E-state index is 0.0738. The molecule has 31 heavy (non-hydrogen) atoms. The molecule has 2 aromatic carbocycles. The van der Waals surface area contributed by atoms with Gasteiger partial charge in [-0.05, 0) is 69.3 Å². The summed E-state index contributed by atoms with van der Waals surface area (Å²) in [6.45, 7) is 6.38. The summed E-state index contributed by atoms with van der Waals surface area (Å²) in [6, 6.07) is 18.3. The molecular formula is C25H28N2O4. The third-order valence-corrected chi connectivity index (χ3v) is 4.75. The Hall–Kier alpha value is -3.38. The average Bonchev–Trinajstić information content (AvgIpc) is 2.75. The Balaban J connectivity index is 1.67. The van der Waals surface area contributed by atoms with Gasteiger partial charge in [0.25, 0.3) is 5.91 Å². The molecule has 6 heteroatoms. The molecule has 0 spiro atoms. The predicted molar refractivity (Wildman–Crippen MR) is 121 cm³/mol.